The zero-order chi connectivity index (χ0) is 15.7. The fourth-order valence-corrected chi connectivity index (χ4v) is 1.89. The molecule has 1 unspecified atom stereocenters. The fraction of sp³-hybridized carbons (Fsp3) is 0.467. The Balaban J connectivity index is 2.35. The van der Waals surface area contributed by atoms with Gasteiger partial charge in [0.15, 0.2) is 0 Å². The van der Waals surface area contributed by atoms with E-state index < -0.39 is 5.97 Å². The van der Waals surface area contributed by atoms with Crippen LogP contribution in [0.5, 0.6) is 0 Å². The predicted octanol–water partition coefficient (Wildman–Crippen LogP) is 2.03. The first-order valence-electron chi connectivity index (χ1n) is 7.04. The molecule has 1 aromatic carbocycles. The Labute approximate surface area is 124 Å². The molecule has 0 aliphatic carbocycles. The number of urea groups is 1. The number of anilines is 1. The van der Waals surface area contributed by atoms with E-state index >= 15 is 0 Å². The van der Waals surface area contributed by atoms with Crippen molar-refractivity contribution in [2.24, 2.45) is 5.92 Å². The molecule has 0 aliphatic rings. The van der Waals surface area contributed by atoms with Gasteiger partial charge in [-0.05, 0) is 31.5 Å². The lowest BCUT2D eigenvalue weighted by molar-refractivity contribution is -0.141. The van der Waals surface area contributed by atoms with Gasteiger partial charge in [-0.3, -0.25) is 4.79 Å². The number of aliphatic carboxylic acids is 1. The number of carbonyl (C=O) groups excluding carboxylic acids is 1. The SMILES string of the molecule is CNCc1ccccc1NC(=O)NCCCC(C)C(=O)O. The van der Waals surface area contributed by atoms with Crippen LogP contribution in [-0.4, -0.2) is 30.7 Å². The molecule has 21 heavy (non-hydrogen) atoms. The zero-order valence-electron chi connectivity index (χ0n) is 12.5. The lowest BCUT2D eigenvalue weighted by Gasteiger charge is -2.12. The molecule has 0 spiro atoms. The van der Waals surface area contributed by atoms with Crippen molar-refractivity contribution in [3.05, 3.63) is 29.8 Å². The molecule has 6 nitrogen and oxygen atoms in total. The number of para-hydroxylation sites is 1. The van der Waals surface area contributed by atoms with Crippen molar-refractivity contribution in [3.8, 4) is 0 Å². The highest BCUT2D eigenvalue weighted by molar-refractivity contribution is 5.90. The minimum Gasteiger partial charge on any atom is -0.481 e. The summed E-state index contributed by atoms with van der Waals surface area (Å²) in [7, 11) is 1.85. The average Bonchev–Trinajstić information content (AvgIpc) is 2.45. The third-order valence-corrected chi connectivity index (χ3v) is 3.15. The first-order valence-corrected chi connectivity index (χ1v) is 7.04. The number of rotatable bonds is 8. The highest BCUT2D eigenvalue weighted by Crippen LogP contribution is 2.14. The molecule has 4 N–H and O–H groups in total. The van der Waals surface area contributed by atoms with E-state index in [0.29, 0.717) is 25.9 Å². The van der Waals surface area contributed by atoms with Crippen molar-refractivity contribution >= 4 is 17.7 Å². The van der Waals surface area contributed by atoms with Crippen molar-refractivity contribution < 1.29 is 14.7 Å². The van der Waals surface area contributed by atoms with Gasteiger partial charge in [0.05, 0.1) is 5.92 Å². The number of amides is 2. The number of hydrogen-bond donors (Lipinski definition) is 4. The maximum atomic E-state index is 11.8. The average molecular weight is 293 g/mol. The monoisotopic (exact) mass is 293 g/mol. The van der Waals surface area contributed by atoms with Gasteiger partial charge in [-0.15, -0.1) is 0 Å². The highest BCUT2D eigenvalue weighted by atomic mass is 16.4. The van der Waals surface area contributed by atoms with E-state index in [9.17, 15) is 9.59 Å². The normalized spacial score (nSPS) is 11.7. The zero-order valence-corrected chi connectivity index (χ0v) is 12.5. The van der Waals surface area contributed by atoms with Crippen molar-refractivity contribution in [1.29, 1.82) is 0 Å². The second-order valence-electron chi connectivity index (χ2n) is 4.95. The maximum Gasteiger partial charge on any atom is 0.319 e. The molecule has 0 aliphatic heterocycles. The summed E-state index contributed by atoms with van der Waals surface area (Å²) in [6.07, 6.45) is 1.19. The number of carboxylic acid groups (broad SMARTS) is 1. The summed E-state index contributed by atoms with van der Waals surface area (Å²) >= 11 is 0. The topological polar surface area (TPSA) is 90.5 Å². The molecule has 2 amide bonds. The van der Waals surface area contributed by atoms with E-state index in [-0.39, 0.29) is 11.9 Å². The van der Waals surface area contributed by atoms with Crippen LogP contribution >= 0.6 is 0 Å². The molecule has 6 heteroatoms. The van der Waals surface area contributed by atoms with Gasteiger partial charge < -0.3 is 21.1 Å². The fourth-order valence-electron chi connectivity index (χ4n) is 1.89. The van der Waals surface area contributed by atoms with Crippen LogP contribution in [0.3, 0.4) is 0 Å². The van der Waals surface area contributed by atoms with E-state index in [1.165, 1.54) is 0 Å². The molecule has 1 atom stereocenters. The summed E-state index contributed by atoms with van der Waals surface area (Å²) < 4.78 is 0. The third kappa shape index (κ3) is 6.27. The summed E-state index contributed by atoms with van der Waals surface area (Å²) in [4.78, 5) is 22.5. The molecule has 116 valence electrons. The lowest BCUT2D eigenvalue weighted by atomic mass is 10.1. The van der Waals surface area contributed by atoms with Crippen LogP contribution in [0, 0.1) is 5.92 Å². The molecule has 1 aromatic rings. The minimum absolute atomic E-state index is 0.276. The molecular weight excluding hydrogens is 270 g/mol. The van der Waals surface area contributed by atoms with Crippen LogP contribution in [0.1, 0.15) is 25.3 Å². The molecule has 0 heterocycles. The van der Waals surface area contributed by atoms with Crippen LogP contribution < -0.4 is 16.0 Å². The molecule has 0 bridgehead atoms. The summed E-state index contributed by atoms with van der Waals surface area (Å²) in [5, 5.41) is 17.3. The smallest absolute Gasteiger partial charge is 0.319 e. The van der Waals surface area contributed by atoms with Crippen molar-refractivity contribution in [2.75, 3.05) is 18.9 Å². The van der Waals surface area contributed by atoms with E-state index in [0.717, 1.165) is 11.3 Å². The van der Waals surface area contributed by atoms with Crippen LogP contribution in [0.2, 0.25) is 0 Å². The Kier molecular flexibility index (Phi) is 7.25. The highest BCUT2D eigenvalue weighted by Gasteiger charge is 2.10. The van der Waals surface area contributed by atoms with Gasteiger partial charge in [-0.2, -0.15) is 0 Å². The first kappa shape index (κ1) is 17.0. The number of carboxylic acids is 1. The summed E-state index contributed by atoms with van der Waals surface area (Å²) in [6, 6.07) is 7.30. The molecule has 0 saturated carbocycles. The van der Waals surface area contributed by atoms with Crippen LogP contribution in [0.15, 0.2) is 24.3 Å². The largest absolute Gasteiger partial charge is 0.481 e. The molecular formula is C15H23N3O3. The van der Waals surface area contributed by atoms with Crippen molar-refractivity contribution in [1.82, 2.24) is 10.6 Å². The van der Waals surface area contributed by atoms with Gasteiger partial charge >= 0.3 is 12.0 Å². The number of carbonyl (C=O) groups is 2. The molecule has 0 aromatic heterocycles. The quantitative estimate of drug-likeness (QED) is 0.552. The Morgan fingerprint density at radius 3 is 2.67 bits per heavy atom. The van der Waals surface area contributed by atoms with E-state index in [2.05, 4.69) is 16.0 Å². The van der Waals surface area contributed by atoms with Gasteiger partial charge in [0.1, 0.15) is 0 Å². The summed E-state index contributed by atoms with van der Waals surface area (Å²) in [6.45, 7) is 2.79. The van der Waals surface area contributed by atoms with Gasteiger partial charge in [0.2, 0.25) is 0 Å². The Bertz CT molecular complexity index is 477. The number of nitrogens with one attached hydrogen (secondary N) is 3. The summed E-state index contributed by atoms with van der Waals surface area (Å²) in [5.41, 5.74) is 1.78. The summed E-state index contributed by atoms with van der Waals surface area (Å²) in [5.74, 6) is -1.19. The van der Waals surface area contributed by atoms with Gasteiger partial charge in [-0.25, -0.2) is 4.79 Å². The van der Waals surface area contributed by atoms with Crippen LogP contribution in [0.25, 0.3) is 0 Å². The van der Waals surface area contributed by atoms with Crippen molar-refractivity contribution in [2.45, 2.75) is 26.3 Å². The number of hydrogen-bond acceptors (Lipinski definition) is 3. The molecule has 1 rings (SSSR count). The molecule has 0 fully saturated rings. The Morgan fingerprint density at radius 1 is 1.29 bits per heavy atom. The second-order valence-corrected chi connectivity index (χ2v) is 4.95. The Hall–Kier alpha value is -2.08. The van der Waals surface area contributed by atoms with E-state index in [1.807, 2.05) is 31.3 Å². The number of benzene rings is 1. The van der Waals surface area contributed by atoms with E-state index in [4.69, 9.17) is 5.11 Å². The third-order valence-electron chi connectivity index (χ3n) is 3.15. The maximum absolute atomic E-state index is 11.8. The standard InChI is InChI=1S/C15H23N3O3/c1-11(14(19)20)6-5-9-17-15(21)18-13-8-4-3-7-12(13)10-16-2/h3-4,7-8,11,16H,5-6,9-10H2,1-2H3,(H,19,20)(H2,17,18,21). The van der Waals surface area contributed by atoms with Crippen LogP contribution in [-0.2, 0) is 11.3 Å². The van der Waals surface area contributed by atoms with Crippen LogP contribution in [0.4, 0.5) is 10.5 Å². The molecule has 0 saturated heterocycles. The van der Waals surface area contributed by atoms with Crippen molar-refractivity contribution in [3.63, 3.8) is 0 Å². The molecule has 0 radical (unpaired) electrons. The lowest BCUT2D eigenvalue weighted by Crippen LogP contribution is -2.30. The van der Waals surface area contributed by atoms with Gasteiger partial charge in [0.25, 0.3) is 0 Å². The predicted molar refractivity (Wildman–Crippen MR) is 82.3 cm³/mol. The van der Waals surface area contributed by atoms with E-state index in [1.54, 1.807) is 6.92 Å². The minimum atomic E-state index is -0.805. The second kappa shape index (κ2) is 8.97. The first-order chi connectivity index (χ1) is 10.0. The van der Waals surface area contributed by atoms with Gasteiger partial charge in [0, 0.05) is 18.8 Å². The van der Waals surface area contributed by atoms with Gasteiger partial charge in [-0.1, -0.05) is 25.1 Å². The Morgan fingerprint density at radius 2 is 2.00 bits per heavy atom.